The third kappa shape index (κ3) is 3.08. The molecule has 2 aromatic rings. The van der Waals surface area contributed by atoms with Gasteiger partial charge < -0.3 is 5.32 Å². The van der Waals surface area contributed by atoms with Gasteiger partial charge in [-0.3, -0.25) is 0 Å². The summed E-state index contributed by atoms with van der Waals surface area (Å²) >= 11 is 0. The van der Waals surface area contributed by atoms with Crippen molar-refractivity contribution in [3.05, 3.63) is 29.8 Å². The number of anilines is 1. The summed E-state index contributed by atoms with van der Waals surface area (Å²) in [5.41, 5.74) is 2.63. The van der Waals surface area contributed by atoms with Crippen molar-refractivity contribution in [3.8, 4) is 0 Å². The smallest absolute Gasteiger partial charge is 0.126 e. The SMILES string of the molecule is C=P(C)(C)c1c(C(C)(C)C)ccc2nc(NC3CC3)ccc12. The summed E-state index contributed by atoms with van der Waals surface area (Å²) in [6.07, 6.45) is 7.05. The Balaban J connectivity index is 2.21. The van der Waals surface area contributed by atoms with E-state index in [1.807, 2.05) is 0 Å². The fraction of sp³-hybridized carbons (Fsp3) is 0.474. The first kappa shape index (κ1) is 15.6. The Labute approximate surface area is 134 Å². The van der Waals surface area contributed by atoms with E-state index in [-0.39, 0.29) is 5.41 Å². The highest BCUT2D eigenvalue weighted by Gasteiger charge is 2.24. The van der Waals surface area contributed by atoms with Crippen molar-refractivity contribution in [2.45, 2.75) is 45.1 Å². The number of nitrogens with one attached hydrogen (secondary N) is 1. The van der Waals surface area contributed by atoms with Gasteiger partial charge in [0.2, 0.25) is 0 Å². The van der Waals surface area contributed by atoms with E-state index in [0.717, 1.165) is 11.3 Å². The third-order valence-electron chi connectivity index (χ3n) is 4.19. The van der Waals surface area contributed by atoms with E-state index in [2.05, 4.69) is 70.0 Å². The Kier molecular flexibility index (Phi) is 3.64. The molecule has 0 spiro atoms. The summed E-state index contributed by atoms with van der Waals surface area (Å²) in [5.74, 6) is 1.00. The molecule has 22 heavy (non-hydrogen) atoms. The van der Waals surface area contributed by atoms with Crippen molar-refractivity contribution < 1.29 is 0 Å². The van der Waals surface area contributed by atoms with Gasteiger partial charge in [-0.15, -0.1) is 0 Å². The number of aromatic nitrogens is 1. The molecule has 0 radical (unpaired) electrons. The number of benzene rings is 1. The Morgan fingerprint density at radius 2 is 1.82 bits per heavy atom. The van der Waals surface area contributed by atoms with Crippen molar-refractivity contribution in [2.24, 2.45) is 0 Å². The molecular formula is C19H27N2P. The largest absolute Gasteiger partial charge is 0.367 e. The van der Waals surface area contributed by atoms with E-state index in [0.29, 0.717) is 6.04 Å². The molecule has 1 saturated carbocycles. The second-order valence-corrected chi connectivity index (χ2v) is 11.9. The maximum atomic E-state index is 4.83. The van der Waals surface area contributed by atoms with Crippen molar-refractivity contribution in [1.29, 1.82) is 0 Å². The van der Waals surface area contributed by atoms with Gasteiger partial charge in [-0.25, -0.2) is 4.98 Å². The summed E-state index contributed by atoms with van der Waals surface area (Å²) in [4.78, 5) is 4.83. The van der Waals surface area contributed by atoms with E-state index >= 15 is 0 Å². The molecule has 3 rings (SSSR count). The number of fused-ring (bicyclic) bond motifs is 1. The van der Waals surface area contributed by atoms with Crippen LogP contribution in [0.1, 0.15) is 39.2 Å². The van der Waals surface area contributed by atoms with Gasteiger partial charge in [0.15, 0.2) is 0 Å². The molecule has 2 nitrogen and oxygen atoms in total. The lowest BCUT2D eigenvalue weighted by Gasteiger charge is -2.28. The fourth-order valence-electron chi connectivity index (χ4n) is 2.96. The molecule has 0 bridgehead atoms. The average molecular weight is 314 g/mol. The number of nitrogens with zero attached hydrogens (tertiary/aromatic N) is 1. The lowest BCUT2D eigenvalue weighted by atomic mass is 9.86. The van der Waals surface area contributed by atoms with E-state index in [4.69, 9.17) is 4.98 Å². The molecule has 0 amide bonds. The standard InChI is InChI=1S/C19H27N2P/c1-19(2,3)15-10-11-16-14(18(15)22(4,5)6)9-12-17(21-16)20-13-7-8-13/h9-13H,4,7-8H2,1-3,5-6H3,(H,20,21). The molecule has 1 aromatic carbocycles. The van der Waals surface area contributed by atoms with Crippen molar-refractivity contribution in [1.82, 2.24) is 4.98 Å². The van der Waals surface area contributed by atoms with Crippen molar-refractivity contribution in [2.75, 3.05) is 18.6 Å². The van der Waals surface area contributed by atoms with Crippen molar-refractivity contribution >= 4 is 35.2 Å². The maximum Gasteiger partial charge on any atom is 0.126 e. The van der Waals surface area contributed by atoms with Crippen LogP contribution in [0.2, 0.25) is 0 Å². The molecule has 1 N–H and O–H groups in total. The van der Waals surface area contributed by atoms with Crippen LogP contribution in [0.5, 0.6) is 0 Å². The first-order valence-electron chi connectivity index (χ1n) is 8.06. The highest BCUT2D eigenvalue weighted by molar-refractivity contribution is 7.79. The molecule has 0 aliphatic heterocycles. The van der Waals surface area contributed by atoms with Gasteiger partial charge in [-0.05, 0) is 60.7 Å². The molecule has 0 saturated heterocycles. The molecule has 1 aliphatic rings. The molecule has 1 aromatic heterocycles. The number of rotatable bonds is 3. The Hall–Kier alpha value is -1.27. The number of hydrogen-bond donors (Lipinski definition) is 1. The molecule has 118 valence electrons. The molecule has 3 heteroatoms. The van der Waals surface area contributed by atoms with Gasteiger partial charge >= 0.3 is 0 Å². The zero-order chi connectivity index (χ0) is 16.1. The predicted octanol–water partition coefficient (Wildman–Crippen LogP) is 4.44. The Morgan fingerprint density at radius 1 is 1.14 bits per heavy atom. The summed E-state index contributed by atoms with van der Waals surface area (Å²) in [7, 11) is 0. The number of pyridine rings is 1. The maximum absolute atomic E-state index is 4.83. The normalized spacial score (nSPS) is 16.0. The van der Waals surface area contributed by atoms with Crippen LogP contribution in [-0.2, 0) is 5.41 Å². The average Bonchev–Trinajstić information content (AvgIpc) is 3.18. The highest BCUT2D eigenvalue weighted by Crippen LogP contribution is 2.41. The van der Waals surface area contributed by atoms with Crippen LogP contribution in [0, 0.1) is 0 Å². The summed E-state index contributed by atoms with van der Waals surface area (Å²) in [6, 6.07) is 9.44. The van der Waals surface area contributed by atoms with E-state index in [1.54, 1.807) is 0 Å². The van der Waals surface area contributed by atoms with Crippen LogP contribution in [0.4, 0.5) is 5.82 Å². The van der Waals surface area contributed by atoms with Gasteiger partial charge in [0.05, 0.1) is 5.52 Å². The Morgan fingerprint density at radius 3 is 2.36 bits per heavy atom. The fourth-order valence-corrected chi connectivity index (χ4v) is 4.87. The molecular weight excluding hydrogens is 287 g/mol. The van der Waals surface area contributed by atoms with E-state index < -0.39 is 6.89 Å². The second-order valence-electron chi connectivity index (χ2n) is 8.08. The van der Waals surface area contributed by atoms with Gasteiger partial charge in [0, 0.05) is 11.4 Å². The third-order valence-corrected chi connectivity index (χ3v) is 5.88. The van der Waals surface area contributed by atoms with Crippen LogP contribution in [-0.4, -0.2) is 30.7 Å². The van der Waals surface area contributed by atoms with Gasteiger partial charge in [0.1, 0.15) is 5.82 Å². The van der Waals surface area contributed by atoms with Gasteiger partial charge in [-0.2, -0.15) is 0 Å². The van der Waals surface area contributed by atoms with Crippen LogP contribution >= 0.6 is 6.89 Å². The first-order chi connectivity index (χ1) is 10.2. The zero-order valence-electron chi connectivity index (χ0n) is 14.4. The van der Waals surface area contributed by atoms with Crippen LogP contribution in [0.3, 0.4) is 0 Å². The van der Waals surface area contributed by atoms with Crippen LogP contribution < -0.4 is 10.6 Å². The highest BCUT2D eigenvalue weighted by atomic mass is 31.2. The topological polar surface area (TPSA) is 24.9 Å². The van der Waals surface area contributed by atoms with E-state index in [9.17, 15) is 0 Å². The molecule has 1 heterocycles. The minimum absolute atomic E-state index is 0.128. The predicted molar refractivity (Wildman–Crippen MR) is 103 cm³/mol. The quantitative estimate of drug-likeness (QED) is 0.847. The van der Waals surface area contributed by atoms with Gasteiger partial charge in [0.25, 0.3) is 0 Å². The second kappa shape index (κ2) is 5.13. The summed E-state index contributed by atoms with van der Waals surface area (Å²) in [5, 5.41) is 6.21. The zero-order valence-corrected chi connectivity index (χ0v) is 15.3. The molecule has 1 fully saturated rings. The minimum atomic E-state index is -1.39. The molecule has 0 atom stereocenters. The molecule has 1 aliphatic carbocycles. The van der Waals surface area contributed by atoms with Crippen LogP contribution in [0.15, 0.2) is 24.3 Å². The lowest BCUT2D eigenvalue weighted by Crippen LogP contribution is -2.23. The van der Waals surface area contributed by atoms with Crippen molar-refractivity contribution in [3.63, 3.8) is 0 Å². The number of hydrogen-bond acceptors (Lipinski definition) is 2. The summed E-state index contributed by atoms with van der Waals surface area (Å²) < 4.78 is 0. The Bertz CT molecular complexity index is 761. The van der Waals surface area contributed by atoms with Gasteiger partial charge in [-0.1, -0.05) is 40.0 Å². The first-order valence-corrected chi connectivity index (χ1v) is 10.9. The lowest BCUT2D eigenvalue weighted by molar-refractivity contribution is 0.595. The monoisotopic (exact) mass is 314 g/mol. The molecule has 0 unspecified atom stereocenters. The van der Waals surface area contributed by atoms with E-state index in [1.165, 1.54) is 29.1 Å². The van der Waals surface area contributed by atoms with Crippen LogP contribution in [0.25, 0.3) is 10.9 Å². The minimum Gasteiger partial charge on any atom is -0.367 e. The summed E-state index contributed by atoms with van der Waals surface area (Å²) in [6.45, 7) is 10.1.